The smallest absolute Gasteiger partial charge is 0.219 e. The number of piperazine rings is 1. The summed E-state index contributed by atoms with van der Waals surface area (Å²) in [4.78, 5) is 2.27. The van der Waals surface area contributed by atoms with E-state index >= 15 is 0 Å². The predicted octanol–water partition coefficient (Wildman–Crippen LogP) is 0.875. The van der Waals surface area contributed by atoms with Crippen LogP contribution in [-0.2, 0) is 0 Å². The molecule has 0 amide bonds. The number of aromatic nitrogens is 2. The summed E-state index contributed by atoms with van der Waals surface area (Å²) in [6.07, 6.45) is 3.58. The summed E-state index contributed by atoms with van der Waals surface area (Å²) >= 11 is 0. The van der Waals surface area contributed by atoms with Gasteiger partial charge in [-0.25, -0.2) is 4.68 Å². The summed E-state index contributed by atoms with van der Waals surface area (Å²) in [6.45, 7) is 4.06. The van der Waals surface area contributed by atoms with Gasteiger partial charge < -0.3 is 14.6 Å². The molecule has 2 aromatic heterocycles. The molecule has 0 bridgehead atoms. The van der Waals surface area contributed by atoms with Crippen molar-refractivity contribution < 1.29 is 4.42 Å². The Morgan fingerprint density at radius 2 is 2.12 bits per heavy atom. The molecule has 0 spiro atoms. The molecule has 3 heterocycles. The van der Waals surface area contributed by atoms with Gasteiger partial charge in [0.1, 0.15) is 0 Å². The van der Waals surface area contributed by atoms with Crippen LogP contribution in [0.4, 0.5) is 5.82 Å². The maximum absolute atomic E-state index is 5.29. The van der Waals surface area contributed by atoms with Gasteiger partial charge in [0.2, 0.25) is 5.88 Å². The third-order valence-corrected chi connectivity index (χ3v) is 2.75. The Morgan fingerprint density at radius 1 is 1.25 bits per heavy atom. The van der Waals surface area contributed by atoms with Crippen molar-refractivity contribution >= 4 is 5.82 Å². The third-order valence-electron chi connectivity index (χ3n) is 2.75. The summed E-state index contributed by atoms with van der Waals surface area (Å²) in [5, 5.41) is 7.82. The normalized spacial score (nSPS) is 16.6. The van der Waals surface area contributed by atoms with E-state index in [-0.39, 0.29) is 0 Å². The molecule has 16 heavy (non-hydrogen) atoms. The molecule has 2 aromatic rings. The molecule has 5 heteroatoms. The fourth-order valence-corrected chi connectivity index (χ4v) is 1.90. The zero-order valence-electron chi connectivity index (χ0n) is 8.97. The monoisotopic (exact) mass is 218 g/mol. The number of nitrogens with one attached hydrogen (secondary N) is 1. The van der Waals surface area contributed by atoms with E-state index in [0.29, 0.717) is 0 Å². The Bertz CT molecular complexity index is 442. The Kier molecular flexibility index (Phi) is 2.38. The van der Waals surface area contributed by atoms with Gasteiger partial charge in [0, 0.05) is 44.5 Å². The molecule has 0 atom stereocenters. The van der Waals surface area contributed by atoms with Crippen LogP contribution in [0.1, 0.15) is 0 Å². The molecule has 3 rings (SSSR count). The molecular formula is C11H14N4O. The second-order valence-electron chi connectivity index (χ2n) is 3.81. The van der Waals surface area contributed by atoms with Gasteiger partial charge in [-0.05, 0) is 6.07 Å². The first-order chi connectivity index (χ1) is 7.93. The minimum atomic E-state index is 0.751. The average Bonchev–Trinajstić information content (AvgIpc) is 3.01. The van der Waals surface area contributed by atoms with Crippen molar-refractivity contribution in [3.8, 4) is 5.88 Å². The summed E-state index contributed by atoms with van der Waals surface area (Å²) < 4.78 is 7.05. The lowest BCUT2D eigenvalue weighted by Gasteiger charge is -2.27. The lowest BCUT2D eigenvalue weighted by atomic mass is 10.3. The summed E-state index contributed by atoms with van der Waals surface area (Å²) in [5.74, 6) is 1.76. The molecule has 1 saturated heterocycles. The van der Waals surface area contributed by atoms with E-state index in [1.807, 2.05) is 24.4 Å². The van der Waals surface area contributed by atoms with Gasteiger partial charge in [-0.2, -0.15) is 0 Å². The molecule has 0 aliphatic carbocycles. The van der Waals surface area contributed by atoms with E-state index in [0.717, 1.165) is 37.9 Å². The highest BCUT2D eigenvalue weighted by molar-refractivity contribution is 5.39. The first-order valence-corrected chi connectivity index (χ1v) is 5.49. The van der Waals surface area contributed by atoms with Crippen molar-refractivity contribution in [1.82, 2.24) is 15.1 Å². The largest absolute Gasteiger partial charge is 0.447 e. The van der Waals surface area contributed by atoms with Crippen LogP contribution in [0.15, 0.2) is 35.1 Å². The summed E-state index contributed by atoms with van der Waals surface area (Å²) in [7, 11) is 0. The Balaban J connectivity index is 1.82. The van der Waals surface area contributed by atoms with E-state index in [2.05, 4.69) is 15.3 Å². The second-order valence-corrected chi connectivity index (χ2v) is 3.81. The van der Waals surface area contributed by atoms with Crippen molar-refractivity contribution in [2.45, 2.75) is 0 Å². The molecule has 5 nitrogen and oxygen atoms in total. The van der Waals surface area contributed by atoms with Crippen LogP contribution in [0.5, 0.6) is 0 Å². The van der Waals surface area contributed by atoms with Crippen LogP contribution in [0.25, 0.3) is 5.88 Å². The Hall–Kier alpha value is -1.75. The van der Waals surface area contributed by atoms with Crippen molar-refractivity contribution in [1.29, 1.82) is 0 Å². The molecule has 1 N–H and O–H groups in total. The van der Waals surface area contributed by atoms with Gasteiger partial charge in [0.15, 0.2) is 5.82 Å². The highest BCUT2D eigenvalue weighted by Gasteiger charge is 2.13. The van der Waals surface area contributed by atoms with Gasteiger partial charge in [0.05, 0.1) is 6.26 Å². The first-order valence-electron chi connectivity index (χ1n) is 5.49. The molecule has 84 valence electrons. The van der Waals surface area contributed by atoms with Crippen LogP contribution < -0.4 is 10.2 Å². The zero-order chi connectivity index (χ0) is 10.8. The minimum Gasteiger partial charge on any atom is -0.447 e. The maximum atomic E-state index is 5.29. The van der Waals surface area contributed by atoms with Gasteiger partial charge >= 0.3 is 0 Å². The van der Waals surface area contributed by atoms with Gasteiger partial charge in [-0.3, -0.25) is 0 Å². The lowest BCUT2D eigenvalue weighted by molar-refractivity contribution is 0.520. The van der Waals surface area contributed by atoms with E-state index in [9.17, 15) is 0 Å². The Morgan fingerprint density at radius 3 is 2.88 bits per heavy atom. The topological polar surface area (TPSA) is 46.2 Å². The number of furan rings is 1. The predicted molar refractivity (Wildman–Crippen MR) is 60.9 cm³/mol. The molecular weight excluding hydrogens is 204 g/mol. The highest BCUT2D eigenvalue weighted by Crippen LogP contribution is 2.14. The molecule has 0 aromatic carbocycles. The minimum absolute atomic E-state index is 0.751. The third kappa shape index (κ3) is 1.69. The maximum Gasteiger partial charge on any atom is 0.219 e. The van der Waals surface area contributed by atoms with E-state index in [4.69, 9.17) is 4.42 Å². The molecule has 1 fully saturated rings. The van der Waals surface area contributed by atoms with Crippen molar-refractivity contribution in [2.24, 2.45) is 0 Å². The van der Waals surface area contributed by atoms with Crippen LogP contribution >= 0.6 is 0 Å². The summed E-state index contributed by atoms with van der Waals surface area (Å²) in [5.41, 5.74) is 0. The van der Waals surface area contributed by atoms with Crippen LogP contribution in [-0.4, -0.2) is 36.0 Å². The number of rotatable bonds is 2. The van der Waals surface area contributed by atoms with Crippen molar-refractivity contribution in [3.63, 3.8) is 0 Å². The van der Waals surface area contributed by atoms with E-state index in [1.165, 1.54) is 0 Å². The highest BCUT2D eigenvalue weighted by atomic mass is 16.3. The SMILES string of the molecule is c1coc(-n2ccc(N3CCNCC3)n2)c1. The fraction of sp³-hybridized carbons (Fsp3) is 0.364. The van der Waals surface area contributed by atoms with Gasteiger partial charge in [-0.1, -0.05) is 0 Å². The van der Waals surface area contributed by atoms with Crippen molar-refractivity contribution in [2.75, 3.05) is 31.1 Å². The van der Waals surface area contributed by atoms with Crippen molar-refractivity contribution in [3.05, 3.63) is 30.7 Å². The first kappa shape index (κ1) is 9.47. The van der Waals surface area contributed by atoms with E-state index in [1.54, 1.807) is 10.9 Å². The number of nitrogens with zero attached hydrogens (tertiary/aromatic N) is 3. The molecule has 0 radical (unpaired) electrons. The van der Waals surface area contributed by atoms with Crippen LogP contribution in [0, 0.1) is 0 Å². The lowest BCUT2D eigenvalue weighted by Crippen LogP contribution is -2.43. The molecule has 0 unspecified atom stereocenters. The van der Waals surface area contributed by atoms with Crippen LogP contribution in [0.3, 0.4) is 0 Å². The fourth-order valence-electron chi connectivity index (χ4n) is 1.90. The second kappa shape index (κ2) is 4.02. The van der Waals surface area contributed by atoms with Gasteiger partial charge in [-0.15, -0.1) is 5.10 Å². The average molecular weight is 218 g/mol. The van der Waals surface area contributed by atoms with Gasteiger partial charge in [0.25, 0.3) is 0 Å². The molecule has 0 saturated carbocycles. The van der Waals surface area contributed by atoms with Crippen LogP contribution in [0.2, 0.25) is 0 Å². The molecule has 1 aliphatic heterocycles. The Labute approximate surface area is 93.7 Å². The number of anilines is 1. The van der Waals surface area contributed by atoms with E-state index < -0.39 is 0 Å². The molecule has 1 aliphatic rings. The number of hydrogen-bond donors (Lipinski definition) is 1. The number of hydrogen-bond acceptors (Lipinski definition) is 4. The summed E-state index contributed by atoms with van der Waals surface area (Å²) in [6, 6.07) is 5.78. The zero-order valence-corrected chi connectivity index (χ0v) is 8.97. The standard InChI is InChI=1S/C11H14N4O/c1-2-11(16-9-1)15-6-3-10(13-15)14-7-4-12-5-8-14/h1-3,6,9,12H,4-5,7-8H2. The quantitative estimate of drug-likeness (QED) is 0.812.